The zero-order valence-corrected chi connectivity index (χ0v) is 15.2. The SMILES string of the molecule is Cc1ncc(C#N)c(Nc2cccc3[nH]ccc23)c1-c1cc2ccccc2o1. The second-order valence-corrected chi connectivity index (χ2v) is 6.64. The van der Waals surface area contributed by atoms with Gasteiger partial charge in [0.05, 0.1) is 22.5 Å². The molecule has 0 bridgehead atoms. The van der Waals surface area contributed by atoms with E-state index in [9.17, 15) is 5.26 Å². The lowest BCUT2D eigenvalue weighted by molar-refractivity contribution is 0.631. The second-order valence-electron chi connectivity index (χ2n) is 6.64. The number of rotatable bonds is 3. The highest BCUT2D eigenvalue weighted by Gasteiger charge is 2.19. The summed E-state index contributed by atoms with van der Waals surface area (Å²) in [6, 6.07) is 20.1. The number of anilines is 2. The van der Waals surface area contributed by atoms with Crippen molar-refractivity contribution in [2.24, 2.45) is 0 Å². The van der Waals surface area contributed by atoms with E-state index in [1.165, 1.54) is 0 Å². The zero-order chi connectivity index (χ0) is 19.1. The van der Waals surface area contributed by atoms with Crippen molar-refractivity contribution in [2.45, 2.75) is 6.92 Å². The summed E-state index contributed by atoms with van der Waals surface area (Å²) in [7, 11) is 0. The summed E-state index contributed by atoms with van der Waals surface area (Å²) in [5.41, 5.74) is 5.50. The van der Waals surface area contributed by atoms with Crippen molar-refractivity contribution in [1.29, 1.82) is 5.26 Å². The molecule has 0 aliphatic rings. The van der Waals surface area contributed by atoms with Crippen molar-refractivity contribution in [1.82, 2.24) is 9.97 Å². The molecule has 0 saturated heterocycles. The fourth-order valence-corrected chi connectivity index (χ4v) is 3.56. The molecule has 0 atom stereocenters. The van der Waals surface area contributed by atoms with Gasteiger partial charge in [0.1, 0.15) is 17.4 Å². The summed E-state index contributed by atoms with van der Waals surface area (Å²) in [5.74, 6) is 0.687. The van der Waals surface area contributed by atoms with Gasteiger partial charge in [0.15, 0.2) is 0 Å². The Kier molecular flexibility index (Phi) is 3.63. The van der Waals surface area contributed by atoms with E-state index in [2.05, 4.69) is 21.4 Å². The largest absolute Gasteiger partial charge is 0.456 e. The molecular weight excluding hydrogens is 348 g/mol. The molecule has 5 rings (SSSR count). The van der Waals surface area contributed by atoms with E-state index in [0.717, 1.165) is 38.8 Å². The van der Waals surface area contributed by atoms with E-state index in [-0.39, 0.29) is 0 Å². The van der Waals surface area contributed by atoms with Crippen LogP contribution in [0.25, 0.3) is 33.2 Å². The third kappa shape index (κ3) is 2.51. The van der Waals surface area contributed by atoms with Crippen LogP contribution >= 0.6 is 0 Å². The minimum atomic E-state index is 0.466. The predicted octanol–water partition coefficient (Wildman–Crippen LogP) is 5.90. The second kappa shape index (κ2) is 6.29. The van der Waals surface area contributed by atoms with Gasteiger partial charge >= 0.3 is 0 Å². The Balaban J connectivity index is 1.74. The Bertz CT molecular complexity index is 1340. The first-order valence-corrected chi connectivity index (χ1v) is 8.96. The van der Waals surface area contributed by atoms with Gasteiger partial charge in [0.2, 0.25) is 0 Å². The number of H-pyrrole nitrogens is 1. The van der Waals surface area contributed by atoms with Crippen molar-refractivity contribution in [3.05, 3.63) is 78.2 Å². The summed E-state index contributed by atoms with van der Waals surface area (Å²) in [6.07, 6.45) is 3.50. The van der Waals surface area contributed by atoms with Crippen LogP contribution in [-0.4, -0.2) is 9.97 Å². The number of nitrogens with zero attached hydrogens (tertiary/aromatic N) is 2. The first-order chi connectivity index (χ1) is 13.7. The topological polar surface area (TPSA) is 77.6 Å². The number of furan rings is 1. The number of hydrogen-bond donors (Lipinski definition) is 2. The number of hydrogen-bond acceptors (Lipinski definition) is 4. The average molecular weight is 364 g/mol. The number of aryl methyl sites for hydroxylation is 1. The van der Waals surface area contributed by atoms with E-state index < -0.39 is 0 Å². The number of aromatic nitrogens is 2. The Labute approximate surface area is 161 Å². The normalized spacial score (nSPS) is 11.0. The number of benzene rings is 2. The standard InChI is InChI=1S/C23H16N4O/c1-14-22(21-11-15-5-2-3-8-20(15)28-21)23(16(12-24)13-26-14)27-19-7-4-6-18-17(19)9-10-25-18/h2-11,13,25H,1H3,(H,26,27). The molecule has 0 saturated carbocycles. The quantitative estimate of drug-likeness (QED) is 0.418. The van der Waals surface area contributed by atoms with Gasteiger partial charge in [-0.1, -0.05) is 24.3 Å². The van der Waals surface area contributed by atoms with Gasteiger partial charge in [0, 0.05) is 34.4 Å². The van der Waals surface area contributed by atoms with Crippen LogP contribution in [0.15, 0.2) is 71.4 Å². The Hall–Kier alpha value is -4.04. The van der Waals surface area contributed by atoms with E-state index in [4.69, 9.17) is 4.42 Å². The van der Waals surface area contributed by atoms with Crippen LogP contribution in [0.3, 0.4) is 0 Å². The number of aromatic amines is 1. The fourth-order valence-electron chi connectivity index (χ4n) is 3.56. The first kappa shape index (κ1) is 16.2. The lowest BCUT2D eigenvalue weighted by Gasteiger charge is -2.15. The monoisotopic (exact) mass is 364 g/mol. The molecule has 5 heteroatoms. The van der Waals surface area contributed by atoms with E-state index in [1.807, 2.05) is 67.7 Å². The molecule has 5 nitrogen and oxygen atoms in total. The van der Waals surface area contributed by atoms with Crippen molar-refractivity contribution in [3.63, 3.8) is 0 Å². The van der Waals surface area contributed by atoms with Crippen molar-refractivity contribution < 1.29 is 4.42 Å². The minimum absolute atomic E-state index is 0.466. The van der Waals surface area contributed by atoms with Crippen LogP contribution in [0, 0.1) is 18.3 Å². The minimum Gasteiger partial charge on any atom is -0.456 e. The number of fused-ring (bicyclic) bond motifs is 2. The van der Waals surface area contributed by atoms with Gasteiger partial charge in [-0.05, 0) is 37.3 Å². The molecular formula is C23H16N4O. The molecule has 3 heterocycles. The zero-order valence-electron chi connectivity index (χ0n) is 15.2. The molecule has 0 aliphatic carbocycles. The van der Waals surface area contributed by atoms with Crippen LogP contribution in [-0.2, 0) is 0 Å². The predicted molar refractivity (Wildman–Crippen MR) is 110 cm³/mol. The van der Waals surface area contributed by atoms with Crippen LogP contribution in [0.2, 0.25) is 0 Å². The Morgan fingerprint density at radius 2 is 2.00 bits per heavy atom. The number of pyridine rings is 1. The van der Waals surface area contributed by atoms with Crippen LogP contribution < -0.4 is 5.32 Å². The highest BCUT2D eigenvalue weighted by atomic mass is 16.3. The first-order valence-electron chi connectivity index (χ1n) is 8.96. The molecule has 0 amide bonds. The molecule has 2 N–H and O–H groups in total. The molecule has 0 unspecified atom stereocenters. The van der Waals surface area contributed by atoms with Crippen molar-refractivity contribution in [3.8, 4) is 17.4 Å². The Morgan fingerprint density at radius 3 is 2.86 bits per heavy atom. The fraction of sp³-hybridized carbons (Fsp3) is 0.0435. The third-order valence-corrected chi connectivity index (χ3v) is 4.92. The maximum Gasteiger partial charge on any atom is 0.139 e. The molecule has 134 valence electrons. The smallest absolute Gasteiger partial charge is 0.139 e. The summed E-state index contributed by atoms with van der Waals surface area (Å²) < 4.78 is 6.09. The Morgan fingerprint density at radius 1 is 1.11 bits per heavy atom. The average Bonchev–Trinajstić information content (AvgIpc) is 3.35. The van der Waals surface area contributed by atoms with Crippen LogP contribution in [0.4, 0.5) is 11.4 Å². The molecule has 5 aromatic rings. The van der Waals surface area contributed by atoms with E-state index >= 15 is 0 Å². The molecule has 0 radical (unpaired) electrons. The van der Waals surface area contributed by atoms with Crippen molar-refractivity contribution >= 4 is 33.2 Å². The highest BCUT2D eigenvalue weighted by molar-refractivity contribution is 5.97. The lowest BCUT2D eigenvalue weighted by Crippen LogP contribution is -2.00. The summed E-state index contributed by atoms with van der Waals surface area (Å²) in [6.45, 7) is 1.92. The number of para-hydroxylation sites is 1. The summed E-state index contributed by atoms with van der Waals surface area (Å²) in [4.78, 5) is 7.64. The van der Waals surface area contributed by atoms with Crippen LogP contribution in [0.1, 0.15) is 11.3 Å². The number of nitriles is 1. The van der Waals surface area contributed by atoms with Gasteiger partial charge in [-0.25, -0.2) is 0 Å². The molecule has 0 aliphatic heterocycles. The third-order valence-electron chi connectivity index (χ3n) is 4.92. The van der Waals surface area contributed by atoms with Gasteiger partial charge in [-0.15, -0.1) is 0 Å². The van der Waals surface area contributed by atoms with Crippen molar-refractivity contribution in [2.75, 3.05) is 5.32 Å². The molecule has 28 heavy (non-hydrogen) atoms. The summed E-state index contributed by atoms with van der Waals surface area (Å²) in [5, 5.41) is 15.2. The molecule has 2 aromatic carbocycles. The van der Waals surface area contributed by atoms with Gasteiger partial charge in [-0.3, -0.25) is 4.98 Å². The molecule has 0 fully saturated rings. The van der Waals surface area contributed by atoms with Gasteiger partial charge in [-0.2, -0.15) is 5.26 Å². The van der Waals surface area contributed by atoms with E-state index in [1.54, 1.807) is 6.20 Å². The van der Waals surface area contributed by atoms with Crippen LogP contribution in [0.5, 0.6) is 0 Å². The maximum atomic E-state index is 9.70. The lowest BCUT2D eigenvalue weighted by atomic mass is 10.0. The van der Waals surface area contributed by atoms with Gasteiger partial charge in [0.25, 0.3) is 0 Å². The number of nitrogens with one attached hydrogen (secondary N) is 2. The molecule has 0 spiro atoms. The molecule has 3 aromatic heterocycles. The summed E-state index contributed by atoms with van der Waals surface area (Å²) >= 11 is 0. The highest BCUT2D eigenvalue weighted by Crippen LogP contribution is 2.38. The van der Waals surface area contributed by atoms with E-state index in [0.29, 0.717) is 17.0 Å². The van der Waals surface area contributed by atoms with Gasteiger partial charge < -0.3 is 14.7 Å². The maximum absolute atomic E-state index is 9.70.